The Hall–Kier alpha value is -2.43. The van der Waals surface area contributed by atoms with Crippen molar-refractivity contribution in [2.75, 3.05) is 6.61 Å². The standard InChI is InChI=1S/C31H41FO9/c1-6-7-25-40-24-13-21-20-9-8-18-12-19(33)10-11-28(18,4)30(20,32)22(34)14-29(21,5)31(24,41-25)23(35)15-39-27(38)17(3)16(2)26(36)37/h10-12,16-17,20-22,24-25,34H,6-9,13-15H2,1-5H3,(H,36,37)/t16?,17?,20-,21-,22-,24+,25?,28-,29-,30-,31+/m0/s1. The molecule has 0 aromatic rings. The average Bonchev–Trinajstić information content (AvgIpc) is 3.40. The van der Waals surface area contributed by atoms with Gasteiger partial charge < -0.3 is 24.4 Å². The zero-order valence-electron chi connectivity index (χ0n) is 24.4. The van der Waals surface area contributed by atoms with Crippen LogP contribution in [0.15, 0.2) is 23.8 Å². The molecule has 0 aromatic heterocycles. The number of esters is 1. The molecule has 0 bridgehead atoms. The van der Waals surface area contributed by atoms with Crippen LogP contribution in [0.3, 0.4) is 0 Å². The number of hydrogen-bond donors (Lipinski definition) is 2. The second-order valence-electron chi connectivity index (χ2n) is 13.1. The molecular weight excluding hydrogens is 535 g/mol. The van der Waals surface area contributed by atoms with Crippen LogP contribution in [-0.4, -0.2) is 70.1 Å². The quantitative estimate of drug-likeness (QED) is 0.414. The van der Waals surface area contributed by atoms with Gasteiger partial charge in [-0.1, -0.05) is 45.8 Å². The maximum absolute atomic E-state index is 17.5. The molecule has 3 saturated carbocycles. The lowest BCUT2D eigenvalue weighted by molar-refractivity contribution is -0.231. The number of aliphatic hydroxyl groups is 1. The van der Waals surface area contributed by atoms with Crippen LogP contribution in [0.4, 0.5) is 4.39 Å². The van der Waals surface area contributed by atoms with E-state index in [2.05, 4.69) is 0 Å². The molecule has 4 fully saturated rings. The van der Waals surface area contributed by atoms with E-state index in [1.165, 1.54) is 26.0 Å². The summed E-state index contributed by atoms with van der Waals surface area (Å²) in [6.07, 6.45) is 3.98. The summed E-state index contributed by atoms with van der Waals surface area (Å²) in [5.74, 6) is -5.69. The number of Topliss-reactive ketones (excluding diaryl/α,β-unsaturated/α-hetero) is 1. The smallest absolute Gasteiger partial charge is 0.309 e. The van der Waals surface area contributed by atoms with Gasteiger partial charge in [0.05, 0.1) is 24.0 Å². The first kappa shape index (κ1) is 30.0. The Morgan fingerprint density at radius 3 is 2.56 bits per heavy atom. The highest BCUT2D eigenvalue weighted by Crippen LogP contribution is 2.71. The van der Waals surface area contributed by atoms with Gasteiger partial charge in [0.25, 0.3) is 0 Å². The number of halogens is 1. The van der Waals surface area contributed by atoms with Crippen LogP contribution >= 0.6 is 0 Å². The summed E-state index contributed by atoms with van der Waals surface area (Å²) in [7, 11) is 0. The van der Waals surface area contributed by atoms with Crippen LogP contribution in [-0.2, 0) is 33.4 Å². The number of allylic oxidation sites excluding steroid dienone is 4. The summed E-state index contributed by atoms with van der Waals surface area (Å²) in [4.78, 5) is 50.3. The van der Waals surface area contributed by atoms with Crippen molar-refractivity contribution in [1.82, 2.24) is 0 Å². The van der Waals surface area contributed by atoms with Crippen LogP contribution in [0.2, 0.25) is 0 Å². The van der Waals surface area contributed by atoms with Crippen LogP contribution in [0.5, 0.6) is 0 Å². The molecule has 10 heteroatoms. The molecule has 5 aliphatic rings. The molecular formula is C31H41FO9. The van der Waals surface area contributed by atoms with E-state index < -0.39 is 88.6 Å². The molecule has 0 spiro atoms. The topological polar surface area (TPSA) is 136 Å². The van der Waals surface area contributed by atoms with E-state index in [9.17, 15) is 29.4 Å². The Morgan fingerprint density at radius 2 is 1.90 bits per heavy atom. The van der Waals surface area contributed by atoms with Crippen molar-refractivity contribution in [2.45, 2.75) is 103 Å². The number of carbonyl (C=O) groups is 4. The molecule has 1 heterocycles. The predicted molar refractivity (Wildman–Crippen MR) is 143 cm³/mol. The third kappa shape index (κ3) is 4.03. The van der Waals surface area contributed by atoms with Crippen LogP contribution in [0, 0.1) is 34.5 Å². The van der Waals surface area contributed by atoms with Gasteiger partial charge in [-0.3, -0.25) is 19.2 Å². The van der Waals surface area contributed by atoms with Gasteiger partial charge in [-0.05, 0) is 57.1 Å². The van der Waals surface area contributed by atoms with Gasteiger partial charge in [-0.2, -0.15) is 0 Å². The number of fused-ring (bicyclic) bond motifs is 7. The number of carboxylic acids is 1. The summed E-state index contributed by atoms with van der Waals surface area (Å²) in [6.45, 7) is 7.73. The van der Waals surface area contributed by atoms with E-state index >= 15 is 4.39 Å². The Labute approximate surface area is 239 Å². The highest BCUT2D eigenvalue weighted by Gasteiger charge is 2.79. The Balaban J connectivity index is 1.48. The van der Waals surface area contributed by atoms with Crippen LogP contribution in [0.25, 0.3) is 0 Å². The van der Waals surface area contributed by atoms with Crippen molar-refractivity contribution in [3.63, 3.8) is 0 Å². The minimum Gasteiger partial charge on any atom is -0.481 e. The van der Waals surface area contributed by atoms with Crippen LogP contribution in [0.1, 0.15) is 73.1 Å². The molecule has 0 radical (unpaired) electrons. The molecule has 5 rings (SSSR count). The number of rotatable bonds is 8. The Kier molecular flexibility index (Phi) is 7.39. The van der Waals surface area contributed by atoms with E-state index in [0.29, 0.717) is 31.3 Å². The van der Waals surface area contributed by atoms with E-state index in [0.717, 1.165) is 6.42 Å². The van der Waals surface area contributed by atoms with Crippen molar-refractivity contribution in [2.24, 2.45) is 34.5 Å². The summed E-state index contributed by atoms with van der Waals surface area (Å²) in [6, 6.07) is 0. The molecule has 1 saturated heterocycles. The second-order valence-corrected chi connectivity index (χ2v) is 13.1. The third-order valence-corrected chi connectivity index (χ3v) is 11.2. The number of alkyl halides is 1. The van der Waals surface area contributed by atoms with Gasteiger partial charge in [0.1, 0.15) is 0 Å². The number of ketones is 2. The number of aliphatic carboxylic acids is 1. The van der Waals surface area contributed by atoms with Crippen molar-refractivity contribution >= 4 is 23.5 Å². The lowest BCUT2D eigenvalue weighted by atomic mass is 9.44. The maximum Gasteiger partial charge on any atom is 0.309 e. The van der Waals surface area contributed by atoms with Gasteiger partial charge in [0.15, 0.2) is 29.9 Å². The zero-order valence-corrected chi connectivity index (χ0v) is 24.4. The van der Waals surface area contributed by atoms with Gasteiger partial charge in [-0.15, -0.1) is 0 Å². The third-order valence-electron chi connectivity index (χ3n) is 11.2. The van der Waals surface area contributed by atoms with Gasteiger partial charge in [0, 0.05) is 16.7 Å². The van der Waals surface area contributed by atoms with Crippen molar-refractivity contribution in [3.8, 4) is 0 Å². The maximum atomic E-state index is 17.5. The number of carbonyl (C=O) groups excluding carboxylic acids is 3. The van der Waals surface area contributed by atoms with Gasteiger partial charge >= 0.3 is 11.9 Å². The molecule has 226 valence electrons. The first-order chi connectivity index (χ1) is 19.2. The second kappa shape index (κ2) is 10.1. The van der Waals surface area contributed by atoms with E-state index in [1.807, 2.05) is 13.8 Å². The minimum atomic E-state index is -2.07. The van der Waals surface area contributed by atoms with E-state index in [-0.39, 0.29) is 12.2 Å². The first-order valence-corrected chi connectivity index (χ1v) is 14.7. The fourth-order valence-electron chi connectivity index (χ4n) is 8.69. The average molecular weight is 577 g/mol. The van der Waals surface area contributed by atoms with Gasteiger partial charge in [-0.25, -0.2) is 4.39 Å². The monoisotopic (exact) mass is 576 g/mol. The minimum absolute atomic E-state index is 0.0832. The number of carboxylic acid groups (broad SMARTS) is 1. The van der Waals surface area contributed by atoms with Crippen molar-refractivity contribution < 1.29 is 48.0 Å². The summed E-state index contributed by atoms with van der Waals surface area (Å²) in [5.41, 5.74) is -5.17. The zero-order chi connectivity index (χ0) is 30.1. The fourth-order valence-corrected chi connectivity index (χ4v) is 8.69. The molecule has 11 atom stereocenters. The highest BCUT2D eigenvalue weighted by molar-refractivity contribution is 6.01. The highest BCUT2D eigenvalue weighted by atomic mass is 19.1. The molecule has 2 N–H and O–H groups in total. The summed E-state index contributed by atoms with van der Waals surface area (Å²) in [5, 5.41) is 20.9. The summed E-state index contributed by atoms with van der Waals surface area (Å²) < 4.78 is 35.6. The normalized spacial score (nSPS) is 44.1. The predicted octanol–water partition coefficient (Wildman–Crippen LogP) is 3.72. The number of hydrogen-bond acceptors (Lipinski definition) is 8. The molecule has 4 aliphatic carbocycles. The van der Waals surface area contributed by atoms with Gasteiger partial charge in [0.2, 0.25) is 5.78 Å². The van der Waals surface area contributed by atoms with Crippen LogP contribution < -0.4 is 0 Å². The lowest BCUT2D eigenvalue weighted by Crippen LogP contribution is -2.69. The SMILES string of the molecule is CCCC1O[C@@H]2C[C@H]3[C@@H]4CCC5=CC(=O)C=C[C@]5(C)[C@@]4(F)[C@@H](O)C[C@]3(C)[C@]2(C(=O)COC(=O)C(C)C(C)C(=O)O)O1. The molecule has 9 nitrogen and oxygen atoms in total. The van der Waals surface area contributed by atoms with E-state index in [1.54, 1.807) is 13.0 Å². The fraction of sp³-hybridized carbons (Fsp3) is 0.742. The Morgan fingerprint density at radius 1 is 1.20 bits per heavy atom. The Bertz CT molecular complexity index is 1210. The molecule has 0 amide bonds. The van der Waals surface area contributed by atoms with Crippen molar-refractivity contribution in [3.05, 3.63) is 23.8 Å². The lowest BCUT2D eigenvalue weighted by Gasteiger charge is -2.62. The summed E-state index contributed by atoms with van der Waals surface area (Å²) >= 11 is 0. The largest absolute Gasteiger partial charge is 0.481 e. The van der Waals surface area contributed by atoms with E-state index in [4.69, 9.17) is 14.2 Å². The number of aliphatic hydroxyl groups excluding tert-OH is 1. The first-order valence-electron chi connectivity index (χ1n) is 14.7. The van der Waals surface area contributed by atoms with Crippen molar-refractivity contribution in [1.29, 1.82) is 0 Å². The molecule has 3 unspecified atom stereocenters. The molecule has 0 aromatic carbocycles. The molecule has 1 aliphatic heterocycles. The number of ether oxygens (including phenoxy) is 3. The molecule has 41 heavy (non-hydrogen) atoms.